The Morgan fingerprint density at radius 3 is 2.48 bits per heavy atom. The molecule has 2 amide bonds. The Morgan fingerprint density at radius 1 is 0.825 bits per heavy atom. The average molecular weight is 538 g/mol. The zero-order valence-corrected chi connectivity index (χ0v) is 21.3. The summed E-state index contributed by atoms with van der Waals surface area (Å²) in [7, 11) is 0. The van der Waals surface area contributed by atoms with Crippen molar-refractivity contribution < 1.29 is 38.1 Å². The Labute approximate surface area is 228 Å². The SMILES string of the molecule is O=C(CCC(=O)N1Cc2c(cc3ccc4c(c3c2-c2ccc3c(c2)OCO3)OCO4)C1=O)OCc1ccccc1. The fourth-order valence-corrected chi connectivity index (χ4v) is 5.35. The summed E-state index contributed by atoms with van der Waals surface area (Å²) >= 11 is 0. The van der Waals surface area contributed by atoms with Crippen molar-refractivity contribution in [2.45, 2.75) is 26.0 Å². The number of amides is 2. The molecule has 0 spiro atoms. The van der Waals surface area contributed by atoms with Gasteiger partial charge in [-0.05, 0) is 51.9 Å². The van der Waals surface area contributed by atoms with Gasteiger partial charge in [-0.1, -0.05) is 42.5 Å². The number of rotatable bonds is 6. The zero-order valence-electron chi connectivity index (χ0n) is 21.3. The minimum absolute atomic E-state index is 0.0658. The van der Waals surface area contributed by atoms with E-state index in [0.717, 1.165) is 27.5 Å². The highest BCUT2D eigenvalue weighted by molar-refractivity contribution is 6.15. The van der Waals surface area contributed by atoms with Crippen molar-refractivity contribution in [3.8, 4) is 34.1 Å². The van der Waals surface area contributed by atoms with E-state index in [-0.39, 0.29) is 39.6 Å². The molecule has 0 unspecified atom stereocenters. The van der Waals surface area contributed by atoms with E-state index in [9.17, 15) is 14.4 Å². The highest BCUT2D eigenvalue weighted by Gasteiger charge is 2.36. The summed E-state index contributed by atoms with van der Waals surface area (Å²) in [6, 6.07) is 20.4. The van der Waals surface area contributed by atoms with E-state index in [1.165, 1.54) is 4.90 Å². The molecule has 0 saturated heterocycles. The van der Waals surface area contributed by atoms with Crippen LogP contribution in [0.5, 0.6) is 23.0 Å². The Morgan fingerprint density at radius 2 is 1.60 bits per heavy atom. The minimum Gasteiger partial charge on any atom is -0.461 e. The van der Waals surface area contributed by atoms with Crippen LogP contribution in [0.2, 0.25) is 0 Å². The van der Waals surface area contributed by atoms with Crippen LogP contribution < -0.4 is 18.9 Å². The molecule has 4 aromatic rings. The maximum atomic E-state index is 13.5. The Kier molecular flexibility index (Phi) is 5.77. The summed E-state index contributed by atoms with van der Waals surface area (Å²) in [4.78, 5) is 40.2. The summed E-state index contributed by atoms with van der Waals surface area (Å²) in [6.07, 6.45) is -0.264. The fraction of sp³-hybridized carbons (Fsp3) is 0.194. The molecule has 4 aromatic carbocycles. The van der Waals surface area contributed by atoms with Crippen molar-refractivity contribution in [3.05, 3.63) is 83.4 Å². The van der Waals surface area contributed by atoms with Crippen molar-refractivity contribution in [2.75, 3.05) is 13.6 Å². The molecule has 0 bridgehead atoms. The van der Waals surface area contributed by atoms with Crippen LogP contribution in [0.1, 0.15) is 34.3 Å². The van der Waals surface area contributed by atoms with Crippen LogP contribution in [0.4, 0.5) is 0 Å². The average Bonchev–Trinajstić information content (AvgIpc) is 3.73. The van der Waals surface area contributed by atoms with Crippen LogP contribution in [-0.2, 0) is 27.5 Å². The smallest absolute Gasteiger partial charge is 0.306 e. The van der Waals surface area contributed by atoms with E-state index in [4.69, 9.17) is 23.7 Å². The molecule has 0 atom stereocenters. The van der Waals surface area contributed by atoms with Crippen molar-refractivity contribution >= 4 is 28.6 Å². The molecule has 0 aliphatic carbocycles. The zero-order chi connectivity index (χ0) is 27.2. The number of ether oxygens (including phenoxy) is 5. The number of carbonyl (C=O) groups is 3. The first kappa shape index (κ1) is 24.0. The van der Waals surface area contributed by atoms with Gasteiger partial charge in [0.1, 0.15) is 6.61 Å². The molecule has 40 heavy (non-hydrogen) atoms. The van der Waals surface area contributed by atoms with Gasteiger partial charge in [-0.25, -0.2) is 0 Å². The maximum Gasteiger partial charge on any atom is 0.306 e. The topological polar surface area (TPSA) is 101 Å². The number of esters is 1. The largest absolute Gasteiger partial charge is 0.461 e. The van der Waals surface area contributed by atoms with E-state index in [0.29, 0.717) is 34.1 Å². The van der Waals surface area contributed by atoms with Gasteiger partial charge in [-0.15, -0.1) is 0 Å². The summed E-state index contributed by atoms with van der Waals surface area (Å²) in [6.45, 7) is 0.420. The van der Waals surface area contributed by atoms with Crippen LogP contribution in [-0.4, -0.2) is 36.3 Å². The van der Waals surface area contributed by atoms with E-state index in [1.54, 1.807) is 6.07 Å². The van der Waals surface area contributed by atoms with Gasteiger partial charge in [0, 0.05) is 17.4 Å². The third-order valence-corrected chi connectivity index (χ3v) is 7.29. The third kappa shape index (κ3) is 4.07. The van der Waals surface area contributed by atoms with Gasteiger partial charge in [0.2, 0.25) is 19.5 Å². The van der Waals surface area contributed by atoms with Gasteiger partial charge in [0.05, 0.1) is 13.0 Å². The first-order valence-corrected chi connectivity index (χ1v) is 12.9. The van der Waals surface area contributed by atoms with Gasteiger partial charge in [0.15, 0.2) is 23.0 Å². The number of hydrogen-bond acceptors (Lipinski definition) is 8. The summed E-state index contributed by atoms with van der Waals surface area (Å²) < 4.78 is 27.9. The molecule has 9 nitrogen and oxygen atoms in total. The Balaban J connectivity index is 1.19. The van der Waals surface area contributed by atoms with Crippen molar-refractivity contribution in [1.29, 1.82) is 0 Å². The second-order valence-electron chi connectivity index (χ2n) is 9.67. The lowest BCUT2D eigenvalue weighted by molar-refractivity contribution is -0.147. The molecular weight excluding hydrogens is 514 g/mol. The molecule has 0 fully saturated rings. The molecule has 3 aliphatic heterocycles. The number of fused-ring (bicyclic) bond motifs is 5. The van der Waals surface area contributed by atoms with Crippen LogP contribution in [0.15, 0.2) is 66.7 Å². The van der Waals surface area contributed by atoms with Crippen LogP contribution in [0.3, 0.4) is 0 Å². The molecular formula is C31H23NO8. The molecule has 200 valence electrons. The van der Waals surface area contributed by atoms with Gasteiger partial charge in [-0.2, -0.15) is 0 Å². The number of carbonyl (C=O) groups excluding carboxylic acids is 3. The minimum atomic E-state index is -0.499. The summed E-state index contributed by atoms with van der Waals surface area (Å²) in [5.74, 6) is 1.09. The molecule has 0 N–H and O–H groups in total. The highest BCUT2D eigenvalue weighted by atomic mass is 16.7. The van der Waals surface area contributed by atoms with Gasteiger partial charge in [0.25, 0.3) is 5.91 Å². The van der Waals surface area contributed by atoms with Crippen LogP contribution >= 0.6 is 0 Å². The van der Waals surface area contributed by atoms with Crippen LogP contribution in [0.25, 0.3) is 21.9 Å². The lowest BCUT2D eigenvalue weighted by atomic mass is 9.90. The summed E-state index contributed by atoms with van der Waals surface area (Å²) in [5.41, 5.74) is 3.54. The first-order valence-electron chi connectivity index (χ1n) is 12.9. The molecule has 0 aromatic heterocycles. The molecule has 3 heterocycles. The first-order chi connectivity index (χ1) is 19.6. The monoisotopic (exact) mass is 537 g/mol. The molecule has 9 heteroatoms. The van der Waals surface area contributed by atoms with Crippen LogP contribution in [0, 0.1) is 0 Å². The van der Waals surface area contributed by atoms with Gasteiger partial charge < -0.3 is 23.7 Å². The van der Waals surface area contributed by atoms with E-state index >= 15 is 0 Å². The number of nitrogens with zero attached hydrogens (tertiary/aromatic N) is 1. The predicted molar refractivity (Wildman–Crippen MR) is 142 cm³/mol. The Hall–Kier alpha value is -5.05. The van der Waals surface area contributed by atoms with E-state index in [1.807, 2.05) is 60.7 Å². The number of benzene rings is 4. The van der Waals surface area contributed by atoms with Gasteiger partial charge in [-0.3, -0.25) is 19.3 Å². The van der Waals surface area contributed by atoms with Gasteiger partial charge >= 0.3 is 5.97 Å². The standard InChI is InChI=1S/C31H23NO8/c33-26(10-11-27(34)36-15-18-4-2-1-3-5-18)32-14-22-21(31(32)35)12-19-7-9-24-30(40-17-38-24)29(19)28(22)20-6-8-23-25(13-20)39-16-37-23/h1-9,12-13H,10-11,14-17H2. The van der Waals surface area contributed by atoms with Crippen molar-refractivity contribution in [3.63, 3.8) is 0 Å². The quantitative estimate of drug-likeness (QED) is 0.318. The lowest BCUT2D eigenvalue weighted by Gasteiger charge is -2.15. The summed E-state index contributed by atoms with van der Waals surface area (Å²) in [5, 5.41) is 1.57. The fourth-order valence-electron chi connectivity index (χ4n) is 5.35. The normalized spacial score (nSPS) is 14.5. The van der Waals surface area contributed by atoms with E-state index < -0.39 is 17.8 Å². The maximum absolute atomic E-state index is 13.5. The highest BCUT2D eigenvalue weighted by Crippen LogP contribution is 2.49. The predicted octanol–water partition coefficient (Wildman–Crippen LogP) is 4.97. The third-order valence-electron chi connectivity index (χ3n) is 7.29. The molecule has 0 radical (unpaired) electrons. The second-order valence-corrected chi connectivity index (χ2v) is 9.67. The molecule has 7 rings (SSSR count). The second kappa shape index (κ2) is 9.60. The lowest BCUT2D eigenvalue weighted by Crippen LogP contribution is -2.31. The van der Waals surface area contributed by atoms with Crippen molar-refractivity contribution in [2.24, 2.45) is 0 Å². The number of hydrogen-bond donors (Lipinski definition) is 0. The molecule has 0 saturated carbocycles. The molecule has 3 aliphatic rings. The number of imide groups is 1. The van der Waals surface area contributed by atoms with E-state index in [2.05, 4.69) is 0 Å². The van der Waals surface area contributed by atoms with Crippen molar-refractivity contribution in [1.82, 2.24) is 4.90 Å². The Bertz CT molecular complexity index is 1700.